The molecular formula is C21H31N5O2. The SMILES string of the molecule is C=CC(=O)N1CCC(N/C(=C/C)N=C2C(=C)NC=C2C(=O)NCCCC)CC1. The van der Waals surface area contributed by atoms with Gasteiger partial charge in [0.1, 0.15) is 11.5 Å². The monoisotopic (exact) mass is 385 g/mol. The summed E-state index contributed by atoms with van der Waals surface area (Å²) >= 11 is 0. The summed E-state index contributed by atoms with van der Waals surface area (Å²) in [7, 11) is 0. The zero-order valence-electron chi connectivity index (χ0n) is 16.9. The third-order valence-corrected chi connectivity index (χ3v) is 4.83. The van der Waals surface area contributed by atoms with Crippen LogP contribution in [0.2, 0.25) is 0 Å². The molecule has 28 heavy (non-hydrogen) atoms. The van der Waals surface area contributed by atoms with Crippen LogP contribution < -0.4 is 16.0 Å². The first-order valence-electron chi connectivity index (χ1n) is 9.87. The first-order chi connectivity index (χ1) is 13.5. The van der Waals surface area contributed by atoms with Crippen molar-refractivity contribution in [3.05, 3.63) is 48.6 Å². The standard InChI is InChI=1S/C21H31N5O2/c1-5-8-11-22-21(28)17-14-23-15(4)20(17)25-18(6-2)24-16-9-12-26(13-10-16)19(27)7-3/h6-7,14,16,23-24H,3-5,8-13H2,1-2H3,(H,22,28)/b18-6-,25-20?. The molecule has 0 unspecified atom stereocenters. The van der Waals surface area contributed by atoms with E-state index in [1.807, 2.05) is 13.0 Å². The summed E-state index contributed by atoms with van der Waals surface area (Å²) in [6, 6.07) is 0.220. The Kier molecular flexibility index (Phi) is 8.04. The van der Waals surface area contributed by atoms with Crippen molar-refractivity contribution in [3.63, 3.8) is 0 Å². The van der Waals surface area contributed by atoms with Crippen LogP contribution in [0.25, 0.3) is 0 Å². The van der Waals surface area contributed by atoms with Crippen LogP contribution in [0.15, 0.2) is 53.6 Å². The van der Waals surface area contributed by atoms with Gasteiger partial charge in [0.2, 0.25) is 5.91 Å². The molecule has 0 aromatic carbocycles. The van der Waals surface area contributed by atoms with Crippen molar-refractivity contribution in [2.45, 2.75) is 45.6 Å². The highest BCUT2D eigenvalue weighted by atomic mass is 16.2. The number of carbonyl (C=O) groups is 2. The van der Waals surface area contributed by atoms with Gasteiger partial charge in [-0.2, -0.15) is 0 Å². The maximum atomic E-state index is 12.4. The first-order valence-corrected chi connectivity index (χ1v) is 9.87. The van der Waals surface area contributed by atoms with Crippen molar-refractivity contribution in [1.29, 1.82) is 0 Å². The number of hydrogen-bond donors (Lipinski definition) is 3. The molecule has 0 aromatic rings. The summed E-state index contributed by atoms with van der Waals surface area (Å²) in [5.41, 5.74) is 1.65. The van der Waals surface area contributed by atoms with E-state index >= 15 is 0 Å². The number of allylic oxidation sites excluding steroid dienone is 2. The highest BCUT2D eigenvalue weighted by molar-refractivity contribution is 6.29. The molecule has 0 bridgehead atoms. The molecule has 7 heteroatoms. The van der Waals surface area contributed by atoms with Crippen LogP contribution in [0.1, 0.15) is 39.5 Å². The largest absolute Gasteiger partial charge is 0.367 e. The maximum Gasteiger partial charge on any atom is 0.255 e. The van der Waals surface area contributed by atoms with Gasteiger partial charge in [-0.15, -0.1) is 0 Å². The average Bonchev–Trinajstić information content (AvgIpc) is 3.07. The predicted molar refractivity (Wildman–Crippen MR) is 112 cm³/mol. The molecule has 2 aliphatic heterocycles. The number of nitrogens with one attached hydrogen (secondary N) is 3. The highest BCUT2D eigenvalue weighted by Crippen LogP contribution is 2.16. The molecule has 3 N–H and O–H groups in total. The Hall–Kier alpha value is -2.83. The quantitative estimate of drug-likeness (QED) is 0.440. The van der Waals surface area contributed by atoms with Gasteiger partial charge in [-0.25, -0.2) is 4.99 Å². The molecule has 1 saturated heterocycles. The fraction of sp³-hybridized carbons (Fsp3) is 0.476. The van der Waals surface area contributed by atoms with E-state index in [1.54, 1.807) is 11.1 Å². The second kappa shape index (κ2) is 10.5. The molecule has 0 aromatic heterocycles. The van der Waals surface area contributed by atoms with Gasteiger partial charge in [0.25, 0.3) is 5.91 Å². The lowest BCUT2D eigenvalue weighted by atomic mass is 10.0. The predicted octanol–water partition coefficient (Wildman–Crippen LogP) is 1.97. The van der Waals surface area contributed by atoms with Crippen LogP contribution in [-0.4, -0.2) is 48.1 Å². The zero-order chi connectivity index (χ0) is 20.5. The number of likely N-dealkylation sites (tertiary alicyclic amines) is 1. The molecular weight excluding hydrogens is 354 g/mol. The molecule has 0 atom stereocenters. The van der Waals surface area contributed by atoms with Crippen LogP contribution in [0.4, 0.5) is 0 Å². The summed E-state index contributed by atoms with van der Waals surface area (Å²) in [4.78, 5) is 30.6. The fourth-order valence-corrected chi connectivity index (χ4v) is 3.12. The first kappa shape index (κ1) is 21.5. The van der Waals surface area contributed by atoms with E-state index in [0.29, 0.717) is 42.4 Å². The third kappa shape index (κ3) is 5.58. The van der Waals surface area contributed by atoms with Crippen molar-refractivity contribution in [1.82, 2.24) is 20.9 Å². The van der Waals surface area contributed by atoms with Crippen molar-refractivity contribution in [2.75, 3.05) is 19.6 Å². The normalized spacial score (nSPS) is 19.3. The Bertz CT molecular complexity index is 712. The lowest BCUT2D eigenvalue weighted by Crippen LogP contribution is -2.44. The van der Waals surface area contributed by atoms with Crippen molar-refractivity contribution >= 4 is 17.5 Å². The maximum absolute atomic E-state index is 12.4. The van der Waals surface area contributed by atoms with Gasteiger partial charge < -0.3 is 20.9 Å². The number of hydrogen-bond acceptors (Lipinski definition) is 5. The van der Waals surface area contributed by atoms with Gasteiger partial charge in [0, 0.05) is 31.9 Å². The Morgan fingerprint density at radius 3 is 2.71 bits per heavy atom. The summed E-state index contributed by atoms with van der Waals surface area (Å²) in [6.45, 7) is 13.5. The van der Waals surface area contributed by atoms with E-state index in [9.17, 15) is 9.59 Å². The minimum absolute atomic E-state index is 0.0258. The molecule has 0 saturated carbocycles. The van der Waals surface area contributed by atoms with Gasteiger partial charge in [-0.3, -0.25) is 9.59 Å². The van der Waals surface area contributed by atoms with Crippen molar-refractivity contribution in [2.24, 2.45) is 4.99 Å². The van der Waals surface area contributed by atoms with E-state index in [1.165, 1.54) is 6.08 Å². The topological polar surface area (TPSA) is 85.8 Å². The van der Waals surface area contributed by atoms with Gasteiger partial charge in [0.15, 0.2) is 0 Å². The van der Waals surface area contributed by atoms with Gasteiger partial charge in [0.05, 0.1) is 11.3 Å². The molecule has 2 amide bonds. The smallest absolute Gasteiger partial charge is 0.255 e. The van der Waals surface area contributed by atoms with Crippen molar-refractivity contribution in [3.8, 4) is 0 Å². The Morgan fingerprint density at radius 1 is 1.39 bits per heavy atom. The van der Waals surface area contributed by atoms with Crippen LogP contribution in [0.5, 0.6) is 0 Å². The lowest BCUT2D eigenvalue weighted by molar-refractivity contribution is -0.127. The number of rotatable bonds is 8. The second-order valence-electron chi connectivity index (χ2n) is 6.87. The molecule has 7 nitrogen and oxygen atoms in total. The number of amides is 2. The molecule has 0 aliphatic carbocycles. The number of unbranched alkanes of at least 4 members (excludes halogenated alkanes) is 1. The molecule has 0 spiro atoms. The van der Waals surface area contributed by atoms with Crippen molar-refractivity contribution < 1.29 is 9.59 Å². The van der Waals surface area contributed by atoms with Crippen LogP contribution in [-0.2, 0) is 9.59 Å². The summed E-state index contributed by atoms with van der Waals surface area (Å²) < 4.78 is 0. The van der Waals surface area contributed by atoms with E-state index in [4.69, 9.17) is 0 Å². The zero-order valence-corrected chi connectivity index (χ0v) is 16.9. The van der Waals surface area contributed by atoms with E-state index in [0.717, 1.165) is 25.7 Å². The van der Waals surface area contributed by atoms with Crippen LogP contribution >= 0.6 is 0 Å². The molecule has 1 fully saturated rings. The number of carbonyl (C=O) groups excluding carboxylic acids is 2. The Labute approximate surface area is 167 Å². The number of piperidine rings is 1. The summed E-state index contributed by atoms with van der Waals surface area (Å²) in [5.74, 6) is 0.521. The summed E-state index contributed by atoms with van der Waals surface area (Å²) in [6.07, 6.45) is 8.52. The Balaban J connectivity index is 1.99. The highest BCUT2D eigenvalue weighted by Gasteiger charge is 2.25. The minimum atomic E-state index is -0.148. The second-order valence-corrected chi connectivity index (χ2v) is 6.87. The summed E-state index contributed by atoms with van der Waals surface area (Å²) in [5, 5.41) is 9.33. The van der Waals surface area contributed by atoms with Crippen LogP contribution in [0.3, 0.4) is 0 Å². The van der Waals surface area contributed by atoms with Crippen LogP contribution in [0, 0.1) is 0 Å². The molecule has 0 radical (unpaired) electrons. The molecule has 2 aliphatic rings. The van der Waals surface area contributed by atoms with Gasteiger partial charge in [-0.1, -0.05) is 26.5 Å². The fourth-order valence-electron chi connectivity index (χ4n) is 3.12. The van der Waals surface area contributed by atoms with Gasteiger partial charge >= 0.3 is 0 Å². The number of nitrogens with zero attached hydrogens (tertiary/aromatic N) is 2. The average molecular weight is 386 g/mol. The molecule has 2 rings (SSSR count). The van der Waals surface area contributed by atoms with E-state index in [-0.39, 0.29) is 17.9 Å². The Morgan fingerprint density at radius 2 is 2.11 bits per heavy atom. The third-order valence-electron chi connectivity index (χ3n) is 4.83. The number of aliphatic imine (C=N–C) groups is 1. The minimum Gasteiger partial charge on any atom is -0.367 e. The van der Waals surface area contributed by atoms with E-state index in [2.05, 4.69) is 41.0 Å². The molecule has 152 valence electrons. The van der Waals surface area contributed by atoms with Gasteiger partial charge in [-0.05, 0) is 38.3 Å². The molecule has 2 heterocycles. The lowest BCUT2D eigenvalue weighted by Gasteiger charge is -2.32. The van der Waals surface area contributed by atoms with E-state index < -0.39 is 0 Å².